The molecule has 0 aromatic carbocycles. The van der Waals surface area contributed by atoms with Crippen LogP contribution in [-0.2, 0) is 4.74 Å². The van der Waals surface area contributed by atoms with Crippen molar-refractivity contribution in [1.82, 2.24) is 0 Å². The molecule has 13 heavy (non-hydrogen) atoms. The quantitative estimate of drug-likeness (QED) is 0.555. The zero-order chi connectivity index (χ0) is 9.84. The molecule has 1 aliphatic rings. The summed E-state index contributed by atoms with van der Waals surface area (Å²) in [5.41, 5.74) is 2.72. The van der Waals surface area contributed by atoms with Crippen molar-refractivity contribution in [3.63, 3.8) is 0 Å². The highest BCUT2D eigenvalue weighted by Crippen LogP contribution is 2.25. The minimum Gasteiger partial charge on any atom is -0.366 e. The summed E-state index contributed by atoms with van der Waals surface area (Å²) in [7, 11) is 0. The van der Waals surface area contributed by atoms with Crippen molar-refractivity contribution in [2.75, 3.05) is 0 Å². The first-order chi connectivity index (χ1) is 6.19. The molecule has 1 nitrogen and oxygen atoms in total. The van der Waals surface area contributed by atoms with Crippen LogP contribution in [0, 0.1) is 0 Å². The third-order valence-corrected chi connectivity index (χ3v) is 3.52. The van der Waals surface area contributed by atoms with E-state index in [1.807, 2.05) is 0 Å². The molecule has 0 saturated heterocycles. The van der Waals surface area contributed by atoms with Crippen molar-refractivity contribution in [2.45, 2.75) is 45.8 Å². The SMILES string of the molecule is CC[C@H]1O[C@@H](/C(C)=C/I)CC=C1C. The predicted octanol–water partition coefficient (Wildman–Crippen LogP) is 3.84. The molecule has 0 N–H and O–H groups in total. The maximum Gasteiger partial charge on any atom is 0.0832 e. The Labute approximate surface area is 94.4 Å². The van der Waals surface area contributed by atoms with Gasteiger partial charge in [0.1, 0.15) is 0 Å². The molecule has 1 rings (SSSR count). The topological polar surface area (TPSA) is 9.23 Å². The predicted molar refractivity (Wildman–Crippen MR) is 65.1 cm³/mol. The molecule has 2 heteroatoms. The summed E-state index contributed by atoms with van der Waals surface area (Å²) < 4.78 is 8.07. The van der Waals surface area contributed by atoms with E-state index in [0.29, 0.717) is 12.2 Å². The molecular weight excluding hydrogens is 275 g/mol. The van der Waals surface area contributed by atoms with Gasteiger partial charge in [0.15, 0.2) is 0 Å². The molecular formula is C11H17IO. The molecule has 0 spiro atoms. The van der Waals surface area contributed by atoms with Gasteiger partial charge < -0.3 is 4.74 Å². The summed E-state index contributed by atoms with van der Waals surface area (Å²) in [6.07, 6.45) is 5.07. The van der Waals surface area contributed by atoms with Gasteiger partial charge >= 0.3 is 0 Å². The van der Waals surface area contributed by atoms with E-state index >= 15 is 0 Å². The lowest BCUT2D eigenvalue weighted by atomic mass is 9.99. The van der Waals surface area contributed by atoms with Crippen LogP contribution in [0.3, 0.4) is 0 Å². The molecule has 1 heterocycles. The van der Waals surface area contributed by atoms with E-state index < -0.39 is 0 Å². The normalized spacial score (nSPS) is 30.2. The second-order valence-electron chi connectivity index (χ2n) is 3.56. The molecule has 0 saturated carbocycles. The number of hydrogen-bond donors (Lipinski definition) is 0. The number of hydrogen-bond acceptors (Lipinski definition) is 1. The fraction of sp³-hybridized carbons (Fsp3) is 0.636. The summed E-state index contributed by atoms with van der Waals surface area (Å²) in [5, 5.41) is 0. The van der Waals surface area contributed by atoms with Gasteiger partial charge in [0.2, 0.25) is 0 Å². The van der Waals surface area contributed by atoms with Gasteiger partial charge in [-0.3, -0.25) is 0 Å². The standard InChI is InChI=1S/C11H17IO/c1-4-10-8(2)5-6-11(13-10)9(3)7-12/h5,7,10-11H,4,6H2,1-3H3/b9-7+/t10-,11-/m1/s1. The van der Waals surface area contributed by atoms with Crippen LogP contribution in [0.15, 0.2) is 21.3 Å². The largest absolute Gasteiger partial charge is 0.366 e. The van der Waals surface area contributed by atoms with Gasteiger partial charge in [0.25, 0.3) is 0 Å². The first kappa shape index (κ1) is 11.2. The summed E-state index contributed by atoms with van der Waals surface area (Å²) in [6.45, 7) is 6.47. The minimum atomic E-state index is 0.311. The van der Waals surface area contributed by atoms with Crippen LogP contribution in [0.4, 0.5) is 0 Å². The zero-order valence-corrected chi connectivity index (χ0v) is 10.7. The van der Waals surface area contributed by atoms with E-state index in [9.17, 15) is 0 Å². The Kier molecular flexibility index (Phi) is 4.46. The highest BCUT2D eigenvalue weighted by atomic mass is 127. The Hall–Kier alpha value is 0.170. The van der Waals surface area contributed by atoms with Crippen LogP contribution in [0.2, 0.25) is 0 Å². The van der Waals surface area contributed by atoms with Crippen LogP contribution in [0.5, 0.6) is 0 Å². The van der Waals surface area contributed by atoms with Crippen molar-refractivity contribution in [3.05, 3.63) is 21.3 Å². The third kappa shape index (κ3) is 2.81. The van der Waals surface area contributed by atoms with Gasteiger partial charge in [-0.05, 0) is 41.9 Å². The van der Waals surface area contributed by atoms with Crippen molar-refractivity contribution in [1.29, 1.82) is 0 Å². The molecule has 1 aliphatic heterocycles. The average Bonchev–Trinajstić information content (AvgIpc) is 2.17. The lowest BCUT2D eigenvalue weighted by Crippen LogP contribution is -2.27. The highest BCUT2D eigenvalue weighted by Gasteiger charge is 2.21. The molecule has 0 aliphatic carbocycles. The van der Waals surface area contributed by atoms with Crippen LogP contribution in [0.25, 0.3) is 0 Å². The van der Waals surface area contributed by atoms with Crippen molar-refractivity contribution in [3.8, 4) is 0 Å². The molecule has 2 atom stereocenters. The Morgan fingerprint density at radius 3 is 3.00 bits per heavy atom. The van der Waals surface area contributed by atoms with Crippen LogP contribution >= 0.6 is 22.6 Å². The Morgan fingerprint density at radius 2 is 2.46 bits per heavy atom. The fourth-order valence-corrected chi connectivity index (χ4v) is 1.97. The lowest BCUT2D eigenvalue weighted by Gasteiger charge is -2.29. The monoisotopic (exact) mass is 292 g/mol. The van der Waals surface area contributed by atoms with Gasteiger partial charge in [-0.15, -0.1) is 0 Å². The van der Waals surface area contributed by atoms with E-state index in [1.165, 1.54) is 11.1 Å². The highest BCUT2D eigenvalue weighted by molar-refractivity contribution is 14.1. The maximum atomic E-state index is 5.96. The Bertz CT molecular complexity index is 230. The van der Waals surface area contributed by atoms with Gasteiger partial charge in [0.05, 0.1) is 12.2 Å². The average molecular weight is 292 g/mol. The first-order valence-electron chi connectivity index (χ1n) is 4.78. The molecule has 0 amide bonds. The summed E-state index contributed by atoms with van der Waals surface area (Å²) in [5.74, 6) is 0. The zero-order valence-electron chi connectivity index (χ0n) is 8.51. The summed E-state index contributed by atoms with van der Waals surface area (Å²) in [6, 6.07) is 0. The van der Waals surface area contributed by atoms with E-state index in [0.717, 1.165) is 12.8 Å². The molecule has 0 aromatic heterocycles. The molecule has 0 unspecified atom stereocenters. The molecule has 74 valence electrons. The molecule has 0 fully saturated rings. The summed E-state index contributed by atoms with van der Waals surface area (Å²) in [4.78, 5) is 0. The van der Waals surface area contributed by atoms with Gasteiger partial charge in [-0.1, -0.05) is 35.6 Å². The van der Waals surface area contributed by atoms with Crippen molar-refractivity contribution >= 4 is 22.6 Å². The number of halogens is 1. The lowest BCUT2D eigenvalue weighted by molar-refractivity contribution is 0.0183. The van der Waals surface area contributed by atoms with E-state index in [2.05, 4.69) is 53.5 Å². The van der Waals surface area contributed by atoms with E-state index in [4.69, 9.17) is 4.74 Å². The number of ether oxygens (including phenoxy) is 1. The van der Waals surface area contributed by atoms with Crippen LogP contribution in [0.1, 0.15) is 33.6 Å². The second-order valence-corrected chi connectivity index (χ2v) is 4.18. The Balaban J connectivity index is 2.67. The molecule has 0 aromatic rings. The first-order valence-corrected chi connectivity index (χ1v) is 6.02. The van der Waals surface area contributed by atoms with Crippen molar-refractivity contribution in [2.24, 2.45) is 0 Å². The third-order valence-electron chi connectivity index (χ3n) is 2.54. The second kappa shape index (κ2) is 5.15. The fourth-order valence-electron chi connectivity index (χ4n) is 1.57. The smallest absolute Gasteiger partial charge is 0.0832 e. The molecule has 0 bridgehead atoms. The van der Waals surface area contributed by atoms with Crippen molar-refractivity contribution < 1.29 is 4.74 Å². The van der Waals surface area contributed by atoms with Crippen LogP contribution < -0.4 is 0 Å². The van der Waals surface area contributed by atoms with Gasteiger partial charge in [-0.2, -0.15) is 0 Å². The Morgan fingerprint density at radius 1 is 1.77 bits per heavy atom. The summed E-state index contributed by atoms with van der Waals surface area (Å²) >= 11 is 2.28. The molecule has 0 radical (unpaired) electrons. The minimum absolute atomic E-state index is 0.311. The van der Waals surface area contributed by atoms with Crippen LogP contribution in [-0.4, -0.2) is 12.2 Å². The number of rotatable bonds is 2. The van der Waals surface area contributed by atoms with E-state index in [-0.39, 0.29) is 0 Å². The van der Waals surface area contributed by atoms with Gasteiger partial charge in [-0.25, -0.2) is 0 Å². The van der Waals surface area contributed by atoms with Gasteiger partial charge in [0, 0.05) is 0 Å². The van der Waals surface area contributed by atoms with E-state index in [1.54, 1.807) is 0 Å². The maximum absolute atomic E-state index is 5.96.